The molecule has 0 amide bonds. The summed E-state index contributed by atoms with van der Waals surface area (Å²) in [5, 5.41) is 0.974. The van der Waals surface area contributed by atoms with Crippen LogP contribution >= 0.6 is 23.2 Å². The summed E-state index contributed by atoms with van der Waals surface area (Å²) in [5.41, 5.74) is 19.8. The Bertz CT molecular complexity index is 5620. The van der Waals surface area contributed by atoms with Gasteiger partial charge in [-0.15, -0.1) is 0 Å². The minimum atomic E-state index is -0.0718. The van der Waals surface area contributed by atoms with Crippen molar-refractivity contribution >= 4 is 81.0 Å². The van der Waals surface area contributed by atoms with Crippen molar-refractivity contribution in [3.05, 3.63) is 364 Å². The largest absolute Gasteiger partial charge is 0.497 e. The first-order valence-corrected chi connectivity index (χ1v) is 42.5. The zero-order chi connectivity index (χ0) is 97.4. The molecule has 0 aliphatic rings. The number of carbonyl (C=O) groups is 10. The summed E-state index contributed by atoms with van der Waals surface area (Å²) < 4.78 is 41.5. The molecule has 684 valence electrons. The summed E-state index contributed by atoms with van der Waals surface area (Å²) in [7, 11) is 7.66. The molecule has 130 heavy (non-hydrogen) atoms. The van der Waals surface area contributed by atoms with Crippen LogP contribution in [0, 0.1) is 55.4 Å². The number of aryl methyl sites for hydroxylation is 7. The van der Waals surface area contributed by atoms with Crippen molar-refractivity contribution in [2.24, 2.45) is 0 Å². The lowest BCUT2D eigenvalue weighted by atomic mass is 9.97. The van der Waals surface area contributed by atoms with Crippen molar-refractivity contribution in [3.63, 3.8) is 0 Å². The number of Topliss-reactive ketones (excluding diaryl/α,β-unsaturated/α-hetero) is 10. The van der Waals surface area contributed by atoms with Crippen molar-refractivity contribution in [2.45, 2.75) is 145 Å². The Morgan fingerprint density at radius 2 is 0.638 bits per heavy atom. The van der Waals surface area contributed by atoms with Gasteiger partial charge in [0.1, 0.15) is 35.4 Å². The standard InChI is InChI=1S/C15H14O2.C14H12O.C11H14O4.2C11H14O.C10H12O3.2C10H12O2.C10H12O.C8H6Cl2O/c1-12(16)14-7-9-15(10-8-14)17-11-13-5-3-2-4-6-13;1-11(15)12-7-9-14(10-8-12)13-5-3-2-4-6-13;1-7(12)8-5-9(13-2)11(15-4)10(6-8)14-3;1-7-5-11(10(4)12)6-8(2)9(7)3;1-7-5-8(2)11(10(4)12)9(3)6-7;1-7(11)8-4-9(12-2)6-10(5-8)13-3;1-3-12-10-6-4-9(5-7-10)8(2)11;1-3-12-10-6-4-5-9(7-10)8(2)11;1-7-4-8(2)6-10(5-7)9(3)11;1-5(11)7-4-6(9)2-3-8(7)10/h2-10H,11H2,1H3;2-10H,1H3;5-6H,1-4H3;2*5-6H,1-4H3;4-6H,1-3H3;2*4-7H,3H2,1-2H3;4-6H,1-3H3;2-4H,1H3. The van der Waals surface area contributed by atoms with Gasteiger partial charge in [-0.25, -0.2) is 0 Å². The van der Waals surface area contributed by atoms with Crippen LogP contribution in [0.15, 0.2) is 249 Å². The van der Waals surface area contributed by atoms with E-state index in [1.807, 2.05) is 196 Å². The number of ketones is 10. The van der Waals surface area contributed by atoms with E-state index in [0.29, 0.717) is 86.4 Å². The van der Waals surface area contributed by atoms with Crippen LogP contribution in [0.1, 0.15) is 237 Å². The van der Waals surface area contributed by atoms with Gasteiger partial charge in [-0.05, 0) is 310 Å². The zero-order valence-corrected chi connectivity index (χ0v) is 80.9. The fourth-order valence-electron chi connectivity index (χ4n) is 12.2. The second kappa shape index (κ2) is 57.9. The molecule has 0 saturated carbocycles. The molecule has 0 atom stereocenters. The van der Waals surface area contributed by atoms with E-state index in [2.05, 4.69) is 25.1 Å². The molecule has 18 nitrogen and oxygen atoms in total. The van der Waals surface area contributed by atoms with E-state index in [1.54, 1.807) is 160 Å². The third kappa shape index (κ3) is 39.7. The number of benzene rings is 12. The average Bonchev–Trinajstić information content (AvgIpc) is 0.843. The molecule has 20 heteroatoms. The molecule has 0 unspecified atom stereocenters. The number of rotatable bonds is 23. The Morgan fingerprint density at radius 1 is 0.269 bits per heavy atom. The van der Waals surface area contributed by atoms with Gasteiger partial charge >= 0.3 is 0 Å². The number of carbonyl (C=O) groups excluding carboxylic acids is 10. The first-order chi connectivity index (χ1) is 61.5. The molecule has 0 saturated heterocycles. The molecule has 0 bridgehead atoms. The monoisotopic (exact) mass is 1800 g/mol. The molecule has 0 heterocycles. The van der Waals surface area contributed by atoms with Gasteiger partial charge in [0.2, 0.25) is 5.75 Å². The highest BCUT2D eigenvalue weighted by Crippen LogP contribution is 2.38. The smallest absolute Gasteiger partial charge is 0.203 e. The maximum absolute atomic E-state index is 11.2. The number of methoxy groups -OCH3 is 5. The quantitative estimate of drug-likeness (QED) is 0.0540. The summed E-state index contributed by atoms with van der Waals surface area (Å²) in [5.74, 6) is 5.70. The van der Waals surface area contributed by atoms with Crippen LogP contribution in [0.2, 0.25) is 10.0 Å². The van der Waals surface area contributed by atoms with Crippen molar-refractivity contribution in [1.82, 2.24) is 0 Å². The van der Waals surface area contributed by atoms with Crippen molar-refractivity contribution in [2.75, 3.05) is 48.8 Å². The van der Waals surface area contributed by atoms with Crippen LogP contribution in [0.25, 0.3) is 11.1 Å². The number of halogens is 2. The van der Waals surface area contributed by atoms with E-state index in [1.165, 1.54) is 69.9 Å². The van der Waals surface area contributed by atoms with Crippen molar-refractivity contribution < 1.29 is 85.8 Å². The summed E-state index contributed by atoms with van der Waals surface area (Å²) in [6.45, 7) is 37.3. The Hall–Kier alpha value is -13.7. The summed E-state index contributed by atoms with van der Waals surface area (Å²) in [4.78, 5) is 110. The summed E-state index contributed by atoms with van der Waals surface area (Å²) in [6.07, 6.45) is 0. The van der Waals surface area contributed by atoms with E-state index in [9.17, 15) is 47.9 Å². The fourth-order valence-corrected chi connectivity index (χ4v) is 12.6. The first kappa shape index (κ1) is 110. The molecule has 12 rings (SSSR count). The normalized spacial score (nSPS) is 9.75. The highest BCUT2D eigenvalue weighted by atomic mass is 35.5. The minimum Gasteiger partial charge on any atom is -0.497 e. The Kier molecular flexibility index (Phi) is 49.2. The number of hydrogen-bond acceptors (Lipinski definition) is 18. The van der Waals surface area contributed by atoms with Gasteiger partial charge in [-0.3, -0.25) is 47.9 Å². The molecule has 12 aromatic rings. The van der Waals surface area contributed by atoms with Gasteiger partial charge in [0.05, 0.1) is 53.8 Å². The molecular weight excluding hydrogens is 1680 g/mol. The lowest BCUT2D eigenvalue weighted by Crippen LogP contribution is -2.00. The van der Waals surface area contributed by atoms with Gasteiger partial charge in [-0.2, -0.15) is 0 Å². The number of ether oxygens (including phenoxy) is 8. The van der Waals surface area contributed by atoms with Crippen LogP contribution in [0.4, 0.5) is 0 Å². The molecule has 0 aliphatic heterocycles. The van der Waals surface area contributed by atoms with Gasteiger partial charge in [0, 0.05) is 66.7 Å². The predicted molar refractivity (Wildman–Crippen MR) is 524 cm³/mol. The lowest BCUT2D eigenvalue weighted by Gasteiger charge is -2.12. The molecule has 0 radical (unpaired) electrons. The minimum absolute atomic E-state index is 0.00259. The first-order valence-electron chi connectivity index (χ1n) is 41.8. The van der Waals surface area contributed by atoms with Crippen LogP contribution in [-0.4, -0.2) is 107 Å². The van der Waals surface area contributed by atoms with Gasteiger partial charge < -0.3 is 37.9 Å². The predicted octanol–water partition coefficient (Wildman–Crippen LogP) is 26.8. The maximum atomic E-state index is 11.2. The van der Waals surface area contributed by atoms with Gasteiger partial charge in [0.15, 0.2) is 69.3 Å². The van der Waals surface area contributed by atoms with E-state index < -0.39 is 0 Å². The molecule has 12 aromatic carbocycles. The Morgan fingerprint density at radius 3 is 1.02 bits per heavy atom. The average molecular weight is 1800 g/mol. The maximum Gasteiger partial charge on any atom is 0.203 e. The molecule has 0 aliphatic carbocycles. The van der Waals surface area contributed by atoms with E-state index in [0.717, 1.165) is 78.4 Å². The van der Waals surface area contributed by atoms with Crippen LogP contribution in [-0.2, 0) is 6.61 Å². The van der Waals surface area contributed by atoms with Crippen LogP contribution in [0.3, 0.4) is 0 Å². The summed E-state index contributed by atoms with van der Waals surface area (Å²) in [6, 6.07) is 76.4. The van der Waals surface area contributed by atoms with Crippen molar-refractivity contribution in [1.29, 1.82) is 0 Å². The second-order valence-electron chi connectivity index (χ2n) is 29.7. The number of hydrogen-bond donors (Lipinski definition) is 0. The van der Waals surface area contributed by atoms with E-state index in [-0.39, 0.29) is 57.8 Å². The Balaban J connectivity index is 0.000000373. The SMILES string of the molecule is CC(=O)c1c(C)cc(C)cc1C.CC(=O)c1cc(C)c(C)c(C)c1.CC(=O)c1cc(C)cc(C)c1.CC(=O)c1cc(Cl)ccc1Cl.CC(=O)c1ccc(-c2ccccc2)cc1.CC(=O)c1ccc(OCc2ccccc2)cc1.CCOc1ccc(C(C)=O)cc1.CCOc1cccc(C(C)=O)c1.COc1cc(C(C)=O)cc(OC)c1OC.COc1cc(OC)cc(C(C)=O)c1. The highest BCUT2D eigenvalue weighted by molar-refractivity contribution is 6.35. The molecule has 0 spiro atoms. The fraction of sp³-hybridized carbons (Fsp3) is 0.255. The molecule has 0 aromatic heterocycles. The second-order valence-corrected chi connectivity index (χ2v) is 30.6. The summed E-state index contributed by atoms with van der Waals surface area (Å²) >= 11 is 11.4. The molecule has 0 fully saturated rings. The highest BCUT2D eigenvalue weighted by Gasteiger charge is 2.16. The van der Waals surface area contributed by atoms with Crippen LogP contribution < -0.4 is 37.9 Å². The van der Waals surface area contributed by atoms with Gasteiger partial charge in [-0.1, -0.05) is 155 Å². The van der Waals surface area contributed by atoms with E-state index >= 15 is 0 Å². The van der Waals surface area contributed by atoms with Crippen molar-refractivity contribution in [3.8, 4) is 57.1 Å². The topological polar surface area (TPSA) is 245 Å². The van der Waals surface area contributed by atoms with E-state index in [4.69, 9.17) is 61.1 Å². The zero-order valence-electron chi connectivity index (χ0n) is 79.4. The third-order valence-electron chi connectivity index (χ3n) is 19.2. The molecular formula is C110H122Cl2O18. The lowest BCUT2D eigenvalue weighted by molar-refractivity contribution is 0.100. The van der Waals surface area contributed by atoms with Crippen LogP contribution in [0.5, 0.6) is 46.0 Å². The van der Waals surface area contributed by atoms with Gasteiger partial charge in [0.25, 0.3) is 0 Å². The third-order valence-corrected chi connectivity index (χ3v) is 19.7. The Labute approximate surface area is 777 Å². The molecule has 0 N–H and O–H groups in total.